The van der Waals surface area contributed by atoms with Crippen molar-refractivity contribution in [2.45, 2.75) is 46.5 Å². The Morgan fingerprint density at radius 1 is 0.929 bits per heavy atom. The second kappa shape index (κ2) is 12.2. The van der Waals surface area contributed by atoms with Crippen molar-refractivity contribution >= 4 is 29.3 Å². The van der Waals surface area contributed by atoms with Crippen LogP contribution in [0.1, 0.15) is 46.5 Å². The SMILES string of the molecule is CCCCSP(OCC)SCCCC. The summed E-state index contributed by atoms with van der Waals surface area (Å²) in [4.78, 5) is 0. The van der Waals surface area contributed by atoms with E-state index in [9.17, 15) is 0 Å². The summed E-state index contributed by atoms with van der Waals surface area (Å²) < 4.78 is 5.73. The second-order valence-corrected chi connectivity index (χ2v) is 9.29. The lowest BCUT2D eigenvalue weighted by molar-refractivity contribution is 0.394. The van der Waals surface area contributed by atoms with Crippen molar-refractivity contribution in [1.82, 2.24) is 0 Å². The molecular weight excluding hydrogens is 231 g/mol. The molecule has 0 heterocycles. The molecule has 0 N–H and O–H groups in total. The summed E-state index contributed by atoms with van der Waals surface area (Å²) in [7, 11) is 0. The van der Waals surface area contributed by atoms with Crippen molar-refractivity contribution in [1.29, 1.82) is 0 Å². The quantitative estimate of drug-likeness (QED) is 0.386. The zero-order chi connectivity index (χ0) is 10.6. The Bertz CT molecular complexity index is 104. The summed E-state index contributed by atoms with van der Waals surface area (Å²) in [5, 5.41) is 0. The van der Waals surface area contributed by atoms with Gasteiger partial charge in [-0.1, -0.05) is 49.5 Å². The van der Waals surface area contributed by atoms with Crippen molar-refractivity contribution in [3.05, 3.63) is 0 Å². The summed E-state index contributed by atoms with van der Waals surface area (Å²) in [5.74, 6) is 2.53. The Hall–Kier alpha value is 1.09. The van der Waals surface area contributed by atoms with Gasteiger partial charge in [0.1, 0.15) is 0 Å². The molecule has 1 nitrogen and oxygen atoms in total. The van der Waals surface area contributed by atoms with Gasteiger partial charge in [0, 0.05) is 11.5 Å². The topological polar surface area (TPSA) is 9.23 Å². The first-order valence-electron chi connectivity index (χ1n) is 5.54. The van der Waals surface area contributed by atoms with Gasteiger partial charge in [-0.3, -0.25) is 0 Å². The second-order valence-electron chi connectivity index (χ2n) is 3.01. The van der Waals surface area contributed by atoms with Gasteiger partial charge in [-0.05, 0) is 19.8 Å². The molecule has 0 aromatic carbocycles. The van der Waals surface area contributed by atoms with E-state index in [0.29, 0.717) is 0 Å². The highest BCUT2D eigenvalue weighted by Gasteiger charge is 2.08. The molecule has 0 aromatic heterocycles. The van der Waals surface area contributed by atoms with Crippen LogP contribution in [-0.4, -0.2) is 18.1 Å². The molecule has 0 bridgehead atoms. The number of unbranched alkanes of at least 4 members (excludes halogenated alkanes) is 2. The number of hydrogen-bond donors (Lipinski definition) is 0. The van der Waals surface area contributed by atoms with Gasteiger partial charge in [-0.15, -0.1) is 0 Å². The van der Waals surface area contributed by atoms with E-state index < -0.39 is 0 Å². The van der Waals surface area contributed by atoms with Crippen LogP contribution in [0, 0.1) is 0 Å². The molecule has 0 saturated heterocycles. The average molecular weight is 254 g/mol. The van der Waals surface area contributed by atoms with Crippen LogP contribution in [0.25, 0.3) is 0 Å². The molecule has 0 aliphatic carbocycles. The smallest absolute Gasteiger partial charge is 0.151 e. The summed E-state index contributed by atoms with van der Waals surface area (Å²) in [6.07, 6.45) is 5.24. The Morgan fingerprint density at radius 2 is 1.43 bits per heavy atom. The molecule has 0 unspecified atom stereocenters. The van der Waals surface area contributed by atoms with Gasteiger partial charge in [-0.2, -0.15) is 0 Å². The normalized spacial score (nSPS) is 11.1. The first-order chi connectivity index (χ1) is 6.85. The lowest BCUT2D eigenvalue weighted by Gasteiger charge is -2.14. The van der Waals surface area contributed by atoms with Crippen LogP contribution in [0.3, 0.4) is 0 Å². The van der Waals surface area contributed by atoms with Crippen LogP contribution in [0.2, 0.25) is 0 Å². The molecular formula is C10H23OPS2. The lowest BCUT2D eigenvalue weighted by Crippen LogP contribution is -1.83. The van der Waals surface area contributed by atoms with E-state index in [1.54, 1.807) is 0 Å². The standard InChI is InChI=1S/C10H23OPS2/c1-4-7-9-13-12(11-6-3)14-10-8-5-2/h4-10H2,1-3H3. The molecule has 86 valence electrons. The molecule has 0 radical (unpaired) electrons. The minimum atomic E-state index is -0.251. The molecule has 0 atom stereocenters. The van der Waals surface area contributed by atoms with E-state index in [-0.39, 0.29) is 6.55 Å². The van der Waals surface area contributed by atoms with E-state index in [0.717, 1.165) is 6.61 Å². The van der Waals surface area contributed by atoms with Crippen LogP contribution in [0.5, 0.6) is 0 Å². The maximum absolute atomic E-state index is 5.73. The van der Waals surface area contributed by atoms with E-state index >= 15 is 0 Å². The van der Waals surface area contributed by atoms with E-state index in [4.69, 9.17) is 4.52 Å². The number of rotatable bonds is 10. The van der Waals surface area contributed by atoms with Crippen molar-refractivity contribution in [2.24, 2.45) is 0 Å². The molecule has 14 heavy (non-hydrogen) atoms. The van der Waals surface area contributed by atoms with Gasteiger partial charge in [0.2, 0.25) is 0 Å². The van der Waals surface area contributed by atoms with E-state index in [1.807, 2.05) is 22.8 Å². The predicted octanol–water partition coefficient (Wildman–Crippen LogP) is 5.32. The first kappa shape index (κ1) is 15.1. The fourth-order valence-corrected chi connectivity index (χ4v) is 7.34. The molecule has 0 spiro atoms. The van der Waals surface area contributed by atoms with Gasteiger partial charge < -0.3 is 4.52 Å². The molecule has 0 fully saturated rings. The maximum atomic E-state index is 5.73. The Morgan fingerprint density at radius 3 is 1.79 bits per heavy atom. The largest absolute Gasteiger partial charge is 0.339 e. The molecule has 0 saturated carbocycles. The monoisotopic (exact) mass is 254 g/mol. The van der Waals surface area contributed by atoms with E-state index in [1.165, 1.54) is 37.2 Å². The highest BCUT2D eigenvalue weighted by Crippen LogP contribution is 2.61. The molecule has 0 aromatic rings. The van der Waals surface area contributed by atoms with Gasteiger partial charge in [-0.25, -0.2) is 0 Å². The van der Waals surface area contributed by atoms with E-state index in [2.05, 4.69) is 20.8 Å². The minimum absolute atomic E-state index is 0.251. The lowest BCUT2D eigenvalue weighted by atomic mass is 10.4. The number of hydrogen-bond acceptors (Lipinski definition) is 3. The Labute approximate surface area is 98.5 Å². The first-order valence-corrected chi connectivity index (χ1v) is 9.98. The van der Waals surface area contributed by atoms with Crippen molar-refractivity contribution in [2.75, 3.05) is 18.1 Å². The van der Waals surface area contributed by atoms with Crippen LogP contribution < -0.4 is 0 Å². The Balaban J connectivity index is 3.44. The van der Waals surface area contributed by atoms with Gasteiger partial charge >= 0.3 is 0 Å². The van der Waals surface area contributed by atoms with Gasteiger partial charge in [0.25, 0.3) is 0 Å². The van der Waals surface area contributed by atoms with Crippen LogP contribution in [-0.2, 0) is 4.52 Å². The third-order valence-electron chi connectivity index (χ3n) is 1.62. The zero-order valence-electron chi connectivity index (χ0n) is 9.62. The minimum Gasteiger partial charge on any atom is -0.339 e. The summed E-state index contributed by atoms with van der Waals surface area (Å²) >= 11 is 4.05. The van der Waals surface area contributed by atoms with Crippen molar-refractivity contribution in [3.8, 4) is 0 Å². The van der Waals surface area contributed by atoms with Gasteiger partial charge in [0.15, 0.2) is 6.55 Å². The fraction of sp³-hybridized carbons (Fsp3) is 1.00. The predicted molar refractivity (Wildman–Crippen MR) is 73.3 cm³/mol. The highest BCUT2D eigenvalue weighted by molar-refractivity contribution is 8.86. The van der Waals surface area contributed by atoms with Crippen molar-refractivity contribution < 1.29 is 4.52 Å². The maximum Gasteiger partial charge on any atom is 0.151 e. The highest BCUT2D eigenvalue weighted by atomic mass is 33.1. The van der Waals surface area contributed by atoms with Crippen LogP contribution in [0.15, 0.2) is 0 Å². The molecule has 0 amide bonds. The third kappa shape index (κ3) is 9.64. The molecule has 0 aliphatic heterocycles. The summed E-state index contributed by atoms with van der Waals surface area (Å²) in [5.41, 5.74) is 0. The average Bonchev–Trinajstić information content (AvgIpc) is 2.18. The fourth-order valence-electron chi connectivity index (χ4n) is 0.784. The third-order valence-corrected chi connectivity index (χ3v) is 8.35. The zero-order valence-corrected chi connectivity index (χ0v) is 12.1. The molecule has 0 aliphatic rings. The van der Waals surface area contributed by atoms with Gasteiger partial charge in [0.05, 0.1) is 6.61 Å². The van der Waals surface area contributed by atoms with Crippen LogP contribution >= 0.6 is 29.3 Å². The van der Waals surface area contributed by atoms with Crippen LogP contribution in [0.4, 0.5) is 0 Å². The Kier molecular flexibility index (Phi) is 13.1. The molecule has 4 heteroatoms. The summed E-state index contributed by atoms with van der Waals surface area (Å²) in [6, 6.07) is 0. The van der Waals surface area contributed by atoms with Crippen molar-refractivity contribution in [3.63, 3.8) is 0 Å². The summed E-state index contributed by atoms with van der Waals surface area (Å²) in [6.45, 7) is 7.20. The molecule has 0 rings (SSSR count).